The van der Waals surface area contributed by atoms with Crippen LogP contribution in [0.25, 0.3) is 5.65 Å². The Morgan fingerprint density at radius 1 is 1.35 bits per heavy atom. The Balaban J connectivity index is 1.66. The molecule has 0 aliphatic carbocycles. The SMILES string of the molecule is Cc1cnc(NCc2c(F)ccc3c2CCCO3)c2ncnn12. The lowest BCUT2D eigenvalue weighted by Gasteiger charge is -2.21. The van der Waals surface area contributed by atoms with E-state index in [1.165, 1.54) is 12.4 Å². The van der Waals surface area contributed by atoms with Gasteiger partial charge < -0.3 is 10.1 Å². The molecule has 0 saturated carbocycles. The fraction of sp³-hybridized carbons (Fsp3) is 0.312. The van der Waals surface area contributed by atoms with Crippen LogP contribution in [0.2, 0.25) is 0 Å². The summed E-state index contributed by atoms with van der Waals surface area (Å²) in [4.78, 5) is 8.56. The summed E-state index contributed by atoms with van der Waals surface area (Å²) in [6, 6.07) is 3.16. The fourth-order valence-corrected chi connectivity index (χ4v) is 2.90. The number of halogens is 1. The van der Waals surface area contributed by atoms with Crippen LogP contribution in [-0.2, 0) is 13.0 Å². The molecule has 0 unspecified atom stereocenters. The number of anilines is 1. The second kappa shape index (κ2) is 5.49. The van der Waals surface area contributed by atoms with E-state index < -0.39 is 0 Å². The van der Waals surface area contributed by atoms with Crippen molar-refractivity contribution in [1.82, 2.24) is 19.6 Å². The first-order valence-corrected chi connectivity index (χ1v) is 7.56. The van der Waals surface area contributed by atoms with Crippen molar-refractivity contribution in [3.63, 3.8) is 0 Å². The molecule has 3 aromatic rings. The van der Waals surface area contributed by atoms with Crippen LogP contribution in [0.4, 0.5) is 10.2 Å². The molecule has 6 nitrogen and oxygen atoms in total. The van der Waals surface area contributed by atoms with Gasteiger partial charge in [-0.1, -0.05) is 0 Å². The highest BCUT2D eigenvalue weighted by Gasteiger charge is 2.18. The smallest absolute Gasteiger partial charge is 0.198 e. The van der Waals surface area contributed by atoms with E-state index in [2.05, 4.69) is 20.4 Å². The maximum Gasteiger partial charge on any atom is 0.198 e. The molecule has 4 rings (SSSR count). The van der Waals surface area contributed by atoms with Crippen LogP contribution in [0.3, 0.4) is 0 Å². The van der Waals surface area contributed by atoms with Crippen molar-refractivity contribution in [2.45, 2.75) is 26.3 Å². The summed E-state index contributed by atoms with van der Waals surface area (Å²) in [5, 5.41) is 7.33. The molecular weight excluding hydrogens is 297 g/mol. The minimum atomic E-state index is -0.230. The monoisotopic (exact) mass is 313 g/mol. The fourth-order valence-electron chi connectivity index (χ4n) is 2.90. The first kappa shape index (κ1) is 13.9. The molecular formula is C16H16FN5O. The summed E-state index contributed by atoms with van der Waals surface area (Å²) in [7, 11) is 0. The van der Waals surface area contributed by atoms with Gasteiger partial charge in [0.15, 0.2) is 11.5 Å². The molecule has 1 aliphatic rings. The van der Waals surface area contributed by atoms with E-state index in [1.54, 1.807) is 16.8 Å². The summed E-state index contributed by atoms with van der Waals surface area (Å²) in [5.74, 6) is 1.13. The number of fused-ring (bicyclic) bond motifs is 2. The van der Waals surface area contributed by atoms with Crippen LogP contribution < -0.4 is 10.1 Å². The van der Waals surface area contributed by atoms with E-state index >= 15 is 0 Å². The zero-order valence-electron chi connectivity index (χ0n) is 12.7. The number of aryl methyl sites for hydroxylation is 1. The first-order valence-electron chi connectivity index (χ1n) is 7.56. The molecule has 1 aliphatic heterocycles. The Morgan fingerprint density at radius 2 is 2.26 bits per heavy atom. The highest BCUT2D eigenvalue weighted by Crippen LogP contribution is 2.30. The summed E-state index contributed by atoms with van der Waals surface area (Å²) in [5.41, 5.74) is 3.08. The van der Waals surface area contributed by atoms with Gasteiger partial charge in [0.05, 0.1) is 18.5 Å². The molecule has 23 heavy (non-hydrogen) atoms. The molecule has 0 radical (unpaired) electrons. The molecule has 0 spiro atoms. The quantitative estimate of drug-likeness (QED) is 0.805. The average Bonchev–Trinajstić information content (AvgIpc) is 3.06. The minimum Gasteiger partial charge on any atom is -0.493 e. The predicted octanol–water partition coefficient (Wildman–Crippen LogP) is 2.51. The van der Waals surface area contributed by atoms with Gasteiger partial charge >= 0.3 is 0 Å². The molecule has 7 heteroatoms. The van der Waals surface area contributed by atoms with Crippen LogP contribution >= 0.6 is 0 Å². The van der Waals surface area contributed by atoms with Crippen LogP contribution in [0.1, 0.15) is 23.2 Å². The van der Waals surface area contributed by atoms with Gasteiger partial charge in [0.1, 0.15) is 17.9 Å². The average molecular weight is 313 g/mol. The molecule has 0 fully saturated rings. The number of ether oxygens (including phenoxy) is 1. The molecule has 3 heterocycles. The van der Waals surface area contributed by atoms with Crippen molar-refractivity contribution in [3.8, 4) is 5.75 Å². The third-order valence-corrected chi connectivity index (χ3v) is 4.07. The topological polar surface area (TPSA) is 64.3 Å². The van der Waals surface area contributed by atoms with E-state index in [4.69, 9.17) is 4.74 Å². The van der Waals surface area contributed by atoms with Crippen LogP contribution in [0.15, 0.2) is 24.7 Å². The Bertz CT molecular complexity index is 876. The summed E-state index contributed by atoms with van der Waals surface area (Å²) in [6.07, 6.45) is 4.92. The Morgan fingerprint density at radius 3 is 3.17 bits per heavy atom. The lowest BCUT2D eigenvalue weighted by Crippen LogP contribution is -2.14. The van der Waals surface area contributed by atoms with Gasteiger partial charge in [0.2, 0.25) is 0 Å². The molecule has 1 N–H and O–H groups in total. The van der Waals surface area contributed by atoms with Crippen LogP contribution in [-0.4, -0.2) is 26.2 Å². The van der Waals surface area contributed by atoms with Crippen molar-refractivity contribution in [2.75, 3.05) is 11.9 Å². The number of nitrogens with zero attached hydrogens (tertiary/aromatic N) is 4. The van der Waals surface area contributed by atoms with Gasteiger partial charge in [-0.3, -0.25) is 0 Å². The number of hydrogen-bond acceptors (Lipinski definition) is 5. The second-order valence-electron chi connectivity index (χ2n) is 5.55. The van der Waals surface area contributed by atoms with Crippen molar-refractivity contribution in [1.29, 1.82) is 0 Å². The number of aromatic nitrogens is 4. The van der Waals surface area contributed by atoms with Crippen molar-refractivity contribution < 1.29 is 9.13 Å². The van der Waals surface area contributed by atoms with Crippen molar-refractivity contribution in [2.24, 2.45) is 0 Å². The Kier molecular flexibility index (Phi) is 3.33. The number of hydrogen-bond donors (Lipinski definition) is 1. The normalized spacial score (nSPS) is 13.7. The highest BCUT2D eigenvalue weighted by atomic mass is 19.1. The highest BCUT2D eigenvalue weighted by molar-refractivity contribution is 5.62. The third kappa shape index (κ3) is 2.38. The van der Waals surface area contributed by atoms with E-state index in [9.17, 15) is 4.39 Å². The molecule has 118 valence electrons. The minimum absolute atomic E-state index is 0.230. The maximum atomic E-state index is 14.2. The Hall–Kier alpha value is -2.70. The summed E-state index contributed by atoms with van der Waals surface area (Å²) in [6.45, 7) is 2.92. The third-order valence-electron chi connectivity index (χ3n) is 4.07. The Labute approximate surface area is 132 Å². The van der Waals surface area contributed by atoms with Gasteiger partial charge in [0, 0.05) is 17.7 Å². The molecule has 0 saturated heterocycles. The van der Waals surface area contributed by atoms with Crippen molar-refractivity contribution >= 4 is 11.5 Å². The molecule has 1 aromatic carbocycles. The first-order chi connectivity index (χ1) is 11.2. The standard InChI is InChI=1S/C16H16FN5O/c1-10-7-18-15(16-20-9-21-22(10)16)19-8-12-11-3-2-6-23-14(11)5-4-13(12)17/h4-5,7,9H,2-3,6,8H2,1H3,(H,18,19). The van der Waals surface area contributed by atoms with Gasteiger partial charge in [-0.25, -0.2) is 18.9 Å². The molecule has 0 atom stereocenters. The summed E-state index contributed by atoms with van der Waals surface area (Å²) < 4.78 is 21.6. The van der Waals surface area contributed by atoms with Crippen LogP contribution in [0.5, 0.6) is 5.75 Å². The summed E-state index contributed by atoms with van der Waals surface area (Å²) >= 11 is 0. The number of benzene rings is 1. The van der Waals surface area contributed by atoms with E-state index in [-0.39, 0.29) is 5.82 Å². The predicted molar refractivity (Wildman–Crippen MR) is 83.1 cm³/mol. The van der Waals surface area contributed by atoms with Gasteiger partial charge in [0.25, 0.3) is 0 Å². The lowest BCUT2D eigenvalue weighted by molar-refractivity contribution is 0.286. The van der Waals surface area contributed by atoms with Crippen molar-refractivity contribution in [3.05, 3.63) is 47.3 Å². The zero-order valence-corrected chi connectivity index (χ0v) is 12.7. The largest absolute Gasteiger partial charge is 0.493 e. The van der Waals surface area contributed by atoms with E-state index in [1.807, 2.05) is 6.92 Å². The number of nitrogens with one attached hydrogen (secondary N) is 1. The van der Waals surface area contributed by atoms with E-state index in [0.29, 0.717) is 30.2 Å². The van der Waals surface area contributed by atoms with Crippen LogP contribution in [0, 0.1) is 12.7 Å². The van der Waals surface area contributed by atoms with Gasteiger partial charge in [-0.05, 0) is 31.9 Å². The van der Waals surface area contributed by atoms with Gasteiger partial charge in [-0.15, -0.1) is 0 Å². The maximum absolute atomic E-state index is 14.2. The molecule has 2 aromatic heterocycles. The molecule has 0 amide bonds. The number of rotatable bonds is 3. The van der Waals surface area contributed by atoms with Gasteiger partial charge in [-0.2, -0.15) is 5.10 Å². The van der Waals surface area contributed by atoms with E-state index in [0.717, 1.165) is 29.8 Å². The zero-order chi connectivity index (χ0) is 15.8. The lowest BCUT2D eigenvalue weighted by atomic mass is 9.99. The molecule has 0 bridgehead atoms. The second-order valence-corrected chi connectivity index (χ2v) is 5.55.